The van der Waals surface area contributed by atoms with E-state index >= 15 is 0 Å². The Bertz CT molecular complexity index is 1840. The van der Waals surface area contributed by atoms with Gasteiger partial charge in [-0.3, -0.25) is 18.7 Å². The molecule has 0 saturated heterocycles. The Morgan fingerprint density at radius 1 is 0.667 bits per heavy atom. The molecule has 0 aromatic carbocycles. The van der Waals surface area contributed by atoms with Crippen LogP contribution in [0.2, 0.25) is 0 Å². The van der Waals surface area contributed by atoms with Gasteiger partial charge in [0, 0.05) is 51.5 Å². The highest BCUT2D eigenvalue weighted by Crippen LogP contribution is 2.31. The normalized spacial score (nSPS) is 17.6. The highest BCUT2D eigenvalue weighted by molar-refractivity contribution is 7.86. The minimum Gasteiger partial charge on any atom is -0.358 e. The lowest BCUT2D eigenvalue weighted by molar-refractivity contribution is -0.117. The van der Waals surface area contributed by atoms with E-state index in [9.17, 15) is 35.5 Å². The first-order valence-corrected chi connectivity index (χ1v) is 17.2. The molecule has 2 aliphatic rings. The van der Waals surface area contributed by atoms with Crippen molar-refractivity contribution in [1.82, 2.24) is 20.6 Å². The predicted molar refractivity (Wildman–Crippen MR) is 172 cm³/mol. The van der Waals surface area contributed by atoms with Gasteiger partial charge in [-0.25, -0.2) is 0 Å². The molecule has 45 heavy (non-hydrogen) atoms. The number of H-pyrrole nitrogens is 2. The molecule has 0 unspecified atom stereocenters. The second-order valence-electron chi connectivity index (χ2n) is 11.0. The van der Waals surface area contributed by atoms with Gasteiger partial charge in [0.2, 0.25) is 0 Å². The van der Waals surface area contributed by atoms with Crippen LogP contribution in [0.25, 0.3) is 12.2 Å². The van der Waals surface area contributed by atoms with Crippen LogP contribution in [-0.4, -0.2) is 59.2 Å². The first-order chi connectivity index (χ1) is 20.9. The number of hydrogen-bond donors (Lipinski definition) is 6. The van der Waals surface area contributed by atoms with E-state index in [2.05, 4.69) is 33.8 Å². The van der Waals surface area contributed by atoms with Gasteiger partial charge in [0.05, 0.1) is 22.9 Å². The van der Waals surface area contributed by atoms with Crippen molar-refractivity contribution in [2.75, 3.05) is 11.5 Å². The molecule has 12 nitrogen and oxygen atoms in total. The highest BCUT2D eigenvalue weighted by Gasteiger charge is 2.26. The third kappa shape index (κ3) is 7.36. The number of nitrogens with one attached hydrogen (secondary N) is 4. The minimum absolute atomic E-state index is 0.0229. The fraction of sp³-hybridized carbons (Fsp3) is 0.290. The average Bonchev–Trinajstić information content (AvgIpc) is 3.58. The molecule has 2 aromatic rings. The van der Waals surface area contributed by atoms with Crippen molar-refractivity contribution in [3.8, 4) is 0 Å². The number of carbonyl (C=O) groups excluding carboxylic acids is 2. The average molecular weight is 657 g/mol. The molecule has 0 fully saturated rings. The van der Waals surface area contributed by atoms with Crippen molar-refractivity contribution in [2.45, 2.75) is 47.0 Å². The van der Waals surface area contributed by atoms with Gasteiger partial charge in [-0.1, -0.05) is 25.3 Å². The molecule has 14 heteroatoms. The summed E-state index contributed by atoms with van der Waals surface area (Å²) in [6, 6.07) is 0. The first kappa shape index (κ1) is 33.6. The fourth-order valence-corrected chi connectivity index (χ4v) is 6.53. The summed E-state index contributed by atoms with van der Waals surface area (Å²) in [4.78, 5) is 31.2. The Labute approximate surface area is 262 Å². The van der Waals surface area contributed by atoms with E-state index in [1.54, 1.807) is 52.0 Å². The molecule has 6 N–H and O–H groups in total. The molecule has 2 aliphatic heterocycles. The van der Waals surface area contributed by atoms with Gasteiger partial charge in [0.25, 0.3) is 32.1 Å². The quantitative estimate of drug-likeness (QED) is 0.187. The van der Waals surface area contributed by atoms with E-state index in [-0.39, 0.29) is 31.1 Å². The van der Waals surface area contributed by atoms with Crippen molar-refractivity contribution in [3.05, 3.63) is 104 Å². The van der Waals surface area contributed by atoms with Crippen LogP contribution >= 0.6 is 0 Å². The standard InChI is InChI=1S/C31H36N4O8S2/c1-7-20-18(5)30(36)34-26(20)13-24-16(3)22(9-11-44(38,39)40)28(32-24)15-29-23(10-12-45(41,42)43)17(4)25(33-29)14-27-21(8-2)19(6)31(37)35-27/h7-8,13-14,32-33H,1-2,9-12,15H2,3-6H3,(H,34,36)(H,35,37)(H,38,39,40)(H,41,42,43)/b26-13-,27-14-. The van der Waals surface area contributed by atoms with Gasteiger partial charge in [-0.2, -0.15) is 16.8 Å². The molecule has 0 spiro atoms. The SMILES string of the molecule is C=CC1=C(C)C(=O)N/C1=C\c1[nH]c(Cc2[nH]c(/C=C3\NC(=O)C(C)=C3C=C)c(C)c2CCS(=O)(=O)O)c(CCS(=O)(=O)O)c1C. The zero-order chi connectivity index (χ0) is 33.4. The summed E-state index contributed by atoms with van der Waals surface area (Å²) >= 11 is 0. The van der Waals surface area contributed by atoms with Crippen LogP contribution in [0.3, 0.4) is 0 Å². The molecule has 0 radical (unpaired) electrons. The van der Waals surface area contributed by atoms with E-state index in [0.29, 0.717) is 78.7 Å². The topological polar surface area (TPSA) is 199 Å². The maximum absolute atomic E-state index is 12.3. The number of rotatable bonds is 12. The zero-order valence-electron chi connectivity index (χ0n) is 25.4. The van der Waals surface area contributed by atoms with Crippen LogP contribution < -0.4 is 10.6 Å². The van der Waals surface area contributed by atoms with E-state index in [1.807, 2.05) is 0 Å². The van der Waals surface area contributed by atoms with Crippen LogP contribution in [0.15, 0.2) is 59.0 Å². The number of aromatic amines is 2. The molecular weight excluding hydrogens is 620 g/mol. The largest absolute Gasteiger partial charge is 0.358 e. The van der Waals surface area contributed by atoms with E-state index in [1.165, 1.54) is 0 Å². The van der Waals surface area contributed by atoms with Crippen molar-refractivity contribution in [2.24, 2.45) is 0 Å². The Kier molecular flexibility index (Phi) is 9.45. The highest BCUT2D eigenvalue weighted by atomic mass is 32.2. The maximum Gasteiger partial charge on any atom is 0.265 e. The Balaban J connectivity index is 1.85. The number of aromatic nitrogens is 2. The van der Waals surface area contributed by atoms with Crippen molar-refractivity contribution in [3.63, 3.8) is 0 Å². The summed E-state index contributed by atoms with van der Waals surface area (Å²) in [5.74, 6) is -1.59. The van der Waals surface area contributed by atoms with Gasteiger partial charge in [-0.05, 0) is 74.9 Å². The van der Waals surface area contributed by atoms with Crippen LogP contribution in [-0.2, 0) is 49.1 Å². The summed E-state index contributed by atoms with van der Waals surface area (Å²) in [5, 5.41) is 5.60. The fourth-order valence-electron chi connectivity index (χ4n) is 5.61. The Hall–Kier alpha value is -4.24. The van der Waals surface area contributed by atoms with E-state index in [0.717, 1.165) is 0 Å². The number of allylic oxidation sites excluding steroid dienone is 2. The number of carbonyl (C=O) groups is 2. The zero-order valence-corrected chi connectivity index (χ0v) is 27.1. The molecule has 0 saturated carbocycles. The monoisotopic (exact) mass is 656 g/mol. The molecular formula is C31H36N4O8S2. The molecule has 0 bridgehead atoms. The van der Waals surface area contributed by atoms with Crippen LogP contribution in [0.5, 0.6) is 0 Å². The molecule has 2 aromatic heterocycles. The molecule has 0 atom stereocenters. The molecule has 240 valence electrons. The molecule has 2 amide bonds. The van der Waals surface area contributed by atoms with Gasteiger partial charge in [0.15, 0.2) is 0 Å². The van der Waals surface area contributed by atoms with Crippen molar-refractivity contribution in [1.29, 1.82) is 0 Å². The van der Waals surface area contributed by atoms with Gasteiger partial charge >= 0.3 is 0 Å². The van der Waals surface area contributed by atoms with E-state index < -0.39 is 31.7 Å². The smallest absolute Gasteiger partial charge is 0.265 e. The summed E-state index contributed by atoms with van der Waals surface area (Å²) in [6.07, 6.45) is 6.71. The van der Waals surface area contributed by atoms with Gasteiger partial charge in [0.1, 0.15) is 0 Å². The lowest BCUT2D eigenvalue weighted by Crippen LogP contribution is -2.15. The maximum atomic E-state index is 12.3. The van der Waals surface area contributed by atoms with E-state index in [4.69, 9.17) is 0 Å². The number of hydrogen-bond acceptors (Lipinski definition) is 6. The second-order valence-corrected chi connectivity index (χ2v) is 14.1. The van der Waals surface area contributed by atoms with Crippen LogP contribution in [0.1, 0.15) is 58.9 Å². The van der Waals surface area contributed by atoms with Crippen LogP contribution in [0, 0.1) is 13.8 Å². The van der Waals surface area contributed by atoms with Gasteiger partial charge < -0.3 is 20.6 Å². The van der Waals surface area contributed by atoms with Gasteiger partial charge in [-0.15, -0.1) is 0 Å². The lowest BCUT2D eigenvalue weighted by atomic mass is 10.0. The summed E-state index contributed by atoms with van der Waals surface area (Å²) < 4.78 is 65.8. The first-order valence-electron chi connectivity index (χ1n) is 14.0. The molecule has 4 heterocycles. The third-order valence-corrected chi connectivity index (χ3v) is 9.58. The third-order valence-electron chi connectivity index (χ3n) is 8.14. The summed E-state index contributed by atoms with van der Waals surface area (Å²) in [5.41, 5.74) is 8.29. The minimum atomic E-state index is -4.30. The predicted octanol–water partition coefficient (Wildman–Crippen LogP) is 3.36. The lowest BCUT2D eigenvalue weighted by Gasteiger charge is -2.07. The van der Waals surface area contributed by atoms with Crippen LogP contribution in [0.4, 0.5) is 0 Å². The second kappa shape index (κ2) is 12.6. The Morgan fingerprint density at radius 3 is 1.33 bits per heavy atom. The number of amides is 2. The van der Waals surface area contributed by atoms with Crippen molar-refractivity contribution >= 4 is 44.2 Å². The molecule has 0 aliphatic carbocycles. The van der Waals surface area contributed by atoms with Crippen molar-refractivity contribution < 1.29 is 35.5 Å². The molecule has 4 rings (SSSR count). The Morgan fingerprint density at radius 2 is 1.02 bits per heavy atom. The summed E-state index contributed by atoms with van der Waals surface area (Å²) in [7, 11) is -8.60. The summed E-state index contributed by atoms with van der Waals surface area (Å²) in [6.45, 7) is 14.5.